The smallest absolute Gasteiger partial charge is 0.340 e. The molecule has 0 aliphatic carbocycles. The summed E-state index contributed by atoms with van der Waals surface area (Å²) in [5.41, 5.74) is -1.02. The summed E-state index contributed by atoms with van der Waals surface area (Å²) in [7, 11) is -1.01. The highest BCUT2D eigenvalue weighted by Gasteiger charge is 2.36. The molecule has 0 saturated heterocycles. The van der Waals surface area contributed by atoms with Crippen molar-refractivity contribution in [1.29, 1.82) is 0 Å². The van der Waals surface area contributed by atoms with Gasteiger partial charge >= 0.3 is 6.18 Å². The number of imidazole rings is 1. The molecule has 0 radical (unpaired) electrons. The van der Waals surface area contributed by atoms with Crippen molar-refractivity contribution >= 4 is 15.7 Å². The Morgan fingerprint density at radius 1 is 1.07 bits per heavy atom. The van der Waals surface area contributed by atoms with Crippen molar-refractivity contribution < 1.29 is 21.6 Å². The van der Waals surface area contributed by atoms with Crippen LogP contribution in [-0.2, 0) is 23.2 Å². The number of hydrogen-bond acceptors (Lipinski definition) is 4. The molecule has 0 unspecified atom stereocenters. The molecule has 0 fully saturated rings. The molecule has 1 aromatic heterocycles. The van der Waals surface area contributed by atoms with Crippen molar-refractivity contribution in [3.05, 3.63) is 66.6 Å². The number of anilines is 1. The van der Waals surface area contributed by atoms with E-state index in [2.05, 4.69) is 9.82 Å². The van der Waals surface area contributed by atoms with Crippen LogP contribution < -0.4 is 9.84 Å². The number of nitrogens with one attached hydrogen (secondary N) is 1. The summed E-state index contributed by atoms with van der Waals surface area (Å²) in [4.78, 5) is 6.30. The van der Waals surface area contributed by atoms with E-state index in [1.165, 1.54) is 48.4 Å². The van der Waals surface area contributed by atoms with Gasteiger partial charge in [-0.15, -0.1) is 4.83 Å². The number of aryl methyl sites for hydroxylation is 1. The topological polar surface area (TPSA) is 67.2 Å². The molecule has 6 nitrogen and oxygen atoms in total. The molecule has 0 amide bonds. The van der Waals surface area contributed by atoms with Crippen LogP contribution in [0.4, 0.5) is 18.9 Å². The van der Waals surface area contributed by atoms with E-state index in [9.17, 15) is 21.6 Å². The third kappa shape index (κ3) is 4.02. The van der Waals surface area contributed by atoms with Crippen LogP contribution in [0.1, 0.15) is 5.56 Å². The van der Waals surface area contributed by atoms with E-state index < -0.39 is 21.8 Å². The van der Waals surface area contributed by atoms with Gasteiger partial charge in [-0.05, 0) is 24.3 Å². The average molecular weight is 410 g/mol. The third-order valence-corrected chi connectivity index (χ3v) is 5.39. The van der Waals surface area contributed by atoms with Crippen molar-refractivity contribution in [2.75, 3.05) is 12.1 Å². The van der Waals surface area contributed by atoms with Gasteiger partial charge in [0, 0.05) is 25.9 Å². The lowest BCUT2D eigenvalue weighted by Crippen LogP contribution is -2.39. The Bertz CT molecular complexity index is 1080. The van der Waals surface area contributed by atoms with Gasteiger partial charge in [-0.3, -0.25) is 5.01 Å². The lowest BCUT2D eigenvalue weighted by atomic mass is 10.0. The van der Waals surface area contributed by atoms with Gasteiger partial charge in [-0.2, -0.15) is 13.2 Å². The number of aromatic nitrogens is 2. The Balaban J connectivity index is 2.09. The third-order valence-electron chi connectivity index (χ3n) is 3.98. The van der Waals surface area contributed by atoms with Crippen LogP contribution in [0.15, 0.2) is 66.0 Å². The first-order valence-corrected chi connectivity index (χ1v) is 9.57. The molecule has 1 N–H and O–H groups in total. The number of alkyl halides is 3. The van der Waals surface area contributed by atoms with Gasteiger partial charge in [0.1, 0.15) is 0 Å². The molecule has 0 aliphatic heterocycles. The fourth-order valence-corrected chi connectivity index (χ4v) is 3.83. The van der Waals surface area contributed by atoms with E-state index in [1.807, 2.05) is 0 Å². The van der Waals surface area contributed by atoms with Crippen LogP contribution >= 0.6 is 0 Å². The minimum atomic E-state index is -4.64. The Labute approximate surface area is 160 Å². The van der Waals surface area contributed by atoms with Gasteiger partial charge in [0.25, 0.3) is 10.0 Å². The highest BCUT2D eigenvalue weighted by molar-refractivity contribution is 7.89. The highest BCUT2D eigenvalue weighted by Crippen LogP contribution is 2.41. The maximum Gasteiger partial charge on any atom is 0.417 e. The molecule has 10 heteroatoms. The molecule has 0 saturated carbocycles. The lowest BCUT2D eigenvalue weighted by molar-refractivity contribution is -0.137. The average Bonchev–Trinajstić information content (AvgIpc) is 3.07. The first-order chi connectivity index (χ1) is 13.1. The summed E-state index contributed by atoms with van der Waals surface area (Å²) < 4.78 is 67.4. The van der Waals surface area contributed by atoms with Crippen LogP contribution in [0, 0.1) is 0 Å². The Hall–Kier alpha value is -2.85. The Kier molecular flexibility index (Phi) is 5.18. The summed E-state index contributed by atoms with van der Waals surface area (Å²) in [6.07, 6.45) is -1.82. The molecule has 28 heavy (non-hydrogen) atoms. The zero-order chi connectivity index (χ0) is 20.5. The number of rotatable bonds is 5. The molecule has 0 bridgehead atoms. The summed E-state index contributed by atoms with van der Waals surface area (Å²) in [6, 6.07) is 11.1. The molecule has 3 aromatic rings. The number of nitrogens with zero attached hydrogens (tertiary/aromatic N) is 3. The fourth-order valence-electron chi connectivity index (χ4n) is 2.75. The quantitative estimate of drug-likeness (QED) is 0.655. The molecule has 3 rings (SSSR count). The largest absolute Gasteiger partial charge is 0.417 e. The second-order valence-corrected chi connectivity index (χ2v) is 7.75. The monoisotopic (exact) mass is 410 g/mol. The first-order valence-electron chi connectivity index (χ1n) is 8.09. The van der Waals surface area contributed by atoms with E-state index in [-0.39, 0.29) is 21.8 Å². The number of hydrogen-bond donors (Lipinski definition) is 1. The maximum absolute atomic E-state index is 13.6. The summed E-state index contributed by atoms with van der Waals surface area (Å²) in [5.74, 6) is 0. The SMILES string of the molecule is CN(NS(=O)(=O)c1ccccc1)c1cccc(C(F)(F)F)c1-c1cn(C)cn1. The van der Waals surface area contributed by atoms with Gasteiger partial charge in [0.2, 0.25) is 0 Å². The van der Waals surface area contributed by atoms with Crippen LogP contribution in [-0.4, -0.2) is 25.0 Å². The molecular weight excluding hydrogens is 393 g/mol. The lowest BCUT2D eigenvalue weighted by Gasteiger charge is -2.24. The van der Waals surface area contributed by atoms with Gasteiger partial charge in [-0.25, -0.2) is 13.4 Å². The molecule has 0 aliphatic rings. The minimum absolute atomic E-state index is 0.00629. The van der Waals surface area contributed by atoms with Crippen molar-refractivity contribution in [3.63, 3.8) is 0 Å². The molecule has 0 spiro atoms. The number of sulfonamides is 1. The van der Waals surface area contributed by atoms with Crippen LogP contribution in [0.25, 0.3) is 11.3 Å². The summed E-state index contributed by atoms with van der Waals surface area (Å²) in [5, 5.41) is 1.04. The summed E-state index contributed by atoms with van der Waals surface area (Å²) >= 11 is 0. The van der Waals surface area contributed by atoms with E-state index >= 15 is 0 Å². The number of benzene rings is 2. The first kappa shape index (κ1) is 19.9. The van der Waals surface area contributed by atoms with E-state index in [0.717, 1.165) is 11.1 Å². The van der Waals surface area contributed by atoms with E-state index in [0.29, 0.717) is 0 Å². The zero-order valence-corrected chi connectivity index (χ0v) is 15.8. The molecule has 148 valence electrons. The highest BCUT2D eigenvalue weighted by atomic mass is 32.2. The van der Waals surface area contributed by atoms with Gasteiger partial charge in [-0.1, -0.05) is 24.3 Å². The van der Waals surface area contributed by atoms with Gasteiger partial charge < -0.3 is 4.57 Å². The van der Waals surface area contributed by atoms with Crippen molar-refractivity contribution in [3.8, 4) is 11.3 Å². The zero-order valence-electron chi connectivity index (χ0n) is 15.0. The predicted molar refractivity (Wildman–Crippen MR) is 98.8 cm³/mol. The molecule has 1 heterocycles. The molecular formula is C18H17F3N4O2S. The second-order valence-electron chi connectivity index (χ2n) is 6.09. The van der Waals surface area contributed by atoms with Crippen LogP contribution in [0.2, 0.25) is 0 Å². The van der Waals surface area contributed by atoms with Crippen molar-refractivity contribution in [2.45, 2.75) is 11.1 Å². The van der Waals surface area contributed by atoms with Crippen molar-refractivity contribution in [2.24, 2.45) is 7.05 Å². The molecule has 0 atom stereocenters. The predicted octanol–water partition coefficient (Wildman–Crippen LogP) is 3.44. The maximum atomic E-state index is 13.6. The normalized spacial score (nSPS) is 12.2. The van der Waals surface area contributed by atoms with E-state index in [4.69, 9.17) is 0 Å². The van der Waals surface area contributed by atoms with Gasteiger partial charge in [0.05, 0.1) is 28.2 Å². The minimum Gasteiger partial charge on any atom is -0.340 e. The summed E-state index contributed by atoms with van der Waals surface area (Å²) in [6.45, 7) is 0. The fraction of sp³-hybridized carbons (Fsp3) is 0.167. The Morgan fingerprint density at radius 2 is 1.75 bits per heavy atom. The molecule has 2 aromatic carbocycles. The van der Waals surface area contributed by atoms with Crippen LogP contribution in [0.3, 0.4) is 0 Å². The van der Waals surface area contributed by atoms with Gasteiger partial charge in [0.15, 0.2) is 0 Å². The second kappa shape index (κ2) is 7.28. The number of halogens is 3. The Morgan fingerprint density at radius 3 is 2.32 bits per heavy atom. The van der Waals surface area contributed by atoms with Crippen molar-refractivity contribution in [1.82, 2.24) is 14.4 Å². The van der Waals surface area contributed by atoms with Crippen LogP contribution in [0.5, 0.6) is 0 Å². The number of hydrazine groups is 1. The van der Waals surface area contributed by atoms with E-state index in [1.54, 1.807) is 25.2 Å². The standard InChI is InChI=1S/C18H17F3N4O2S/c1-24-11-15(22-12-24)17-14(18(19,20)21)9-6-10-16(17)25(2)23-28(26,27)13-7-4-3-5-8-13/h3-12,23H,1-2H3.